The van der Waals surface area contributed by atoms with Crippen molar-refractivity contribution in [2.24, 2.45) is 4.99 Å². The predicted octanol–water partition coefficient (Wildman–Crippen LogP) is 7.12. The highest BCUT2D eigenvalue weighted by atomic mass is 16.6. The van der Waals surface area contributed by atoms with Gasteiger partial charge in [0.2, 0.25) is 5.90 Å². The van der Waals surface area contributed by atoms with Gasteiger partial charge in [0.05, 0.1) is 13.7 Å². The molecule has 34 heavy (non-hydrogen) atoms. The quantitative estimate of drug-likeness (QED) is 0.171. The smallest absolute Gasteiger partial charge is 0.363 e. The molecule has 3 rings (SSSR count). The van der Waals surface area contributed by atoms with Gasteiger partial charge in [-0.15, -0.1) is 0 Å². The fourth-order valence-electron chi connectivity index (χ4n) is 3.71. The minimum atomic E-state index is -0.463. The van der Waals surface area contributed by atoms with Crippen molar-refractivity contribution >= 4 is 17.9 Å². The van der Waals surface area contributed by atoms with Crippen molar-refractivity contribution in [3.05, 3.63) is 77.5 Å². The van der Waals surface area contributed by atoms with E-state index in [0.717, 1.165) is 35.7 Å². The molecule has 0 aromatic heterocycles. The third-order valence-corrected chi connectivity index (χ3v) is 5.66. The van der Waals surface area contributed by atoms with Crippen LogP contribution in [0.5, 0.6) is 11.5 Å². The number of carbonyl (C=O) groups excluding carboxylic acids is 1. The van der Waals surface area contributed by atoms with Crippen molar-refractivity contribution in [2.75, 3.05) is 13.7 Å². The first-order valence-corrected chi connectivity index (χ1v) is 12.3. The predicted molar refractivity (Wildman–Crippen MR) is 137 cm³/mol. The number of esters is 1. The number of methoxy groups -OCH3 is 1. The summed E-state index contributed by atoms with van der Waals surface area (Å²) in [4.78, 5) is 16.6. The summed E-state index contributed by atoms with van der Waals surface area (Å²) in [7, 11) is 1.63. The van der Waals surface area contributed by atoms with E-state index in [4.69, 9.17) is 14.2 Å². The zero-order valence-electron chi connectivity index (χ0n) is 20.3. The molecule has 5 nitrogen and oxygen atoms in total. The van der Waals surface area contributed by atoms with Crippen LogP contribution in [0.1, 0.15) is 69.4 Å². The van der Waals surface area contributed by atoms with E-state index >= 15 is 0 Å². The number of benzene rings is 2. The molecule has 0 unspecified atom stereocenters. The standard InChI is InChI=1S/C29H35NO4/c1-3-4-5-6-7-8-9-12-22-33-25-20-18-24(19-21-25)28-30-26(29(31)34-28)16-13-15-23-14-10-11-17-27(23)32-2/h10-11,13-21H,3-9,12,22H2,1-2H3. The molecule has 0 saturated heterocycles. The monoisotopic (exact) mass is 461 g/mol. The zero-order chi connectivity index (χ0) is 24.0. The Hall–Kier alpha value is -3.34. The van der Waals surface area contributed by atoms with E-state index < -0.39 is 5.97 Å². The van der Waals surface area contributed by atoms with Crippen molar-refractivity contribution in [1.29, 1.82) is 0 Å². The molecule has 2 aromatic carbocycles. The van der Waals surface area contributed by atoms with Crippen LogP contribution in [0.2, 0.25) is 0 Å². The summed E-state index contributed by atoms with van der Waals surface area (Å²) in [5.41, 5.74) is 1.92. The summed E-state index contributed by atoms with van der Waals surface area (Å²) < 4.78 is 16.5. The third-order valence-electron chi connectivity index (χ3n) is 5.66. The second kappa shape index (κ2) is 14.0. The largest absolute Gasteiger partial charge is 0.496 e. The molecule has 1 heterocycles. The fourth-order valence-corrected chi connectivity index (χ4v) is 3.71. The minimum Gasteiger partial charge on any atom is -0.496 e. The lowest BCUT2D eigenvalue weighted by atomic mass is 10.1. The van der Waals surface area contributed by atoms with Gasteiger partial charge in [-0.1, -0.05) is 82.2 Å². The summed E-state index contributed by atoms with van der Waals surface area (Å²) in [5, 5.41) is 0. The fraction of sp³-hybridized carbons (Fsp3) is 0.379. The van der Waals surface area contributed by atoms with Gasteiger partial charge in [-0.3, -0.25) is 0 Å². The average Bonchev–Trinajstić information content (AvgIpc) is 3.24. The van der Waals surface area contributed by atoms with Crippen molar-refractivity contribution < 1.29 is 19.0 Å². The van der Waals surface area contributed by atoms with E-state index in [2.05, 4.69) is 11.9 Å². The lowest BCUT2D eigenvalue weighted by Gasteiger charge is -2.07. The van der Waals surface area contributed by atoms with E-state index in [9.17, 15) is 4.79 Å². The molecule has 0 spiro atoms. The molecule has 0 radical (unpaired) electrons. The molecule has 0 fully saturated rings. The van der Waals surface area contributed by atoms with Crippen LogP contribution < -0.4 is 9.47 Å². The molecule has 2 aromatic rings. The van der Waals surface area contributed by atoms with Crippen molar-refractivity contribution in [1.82, 2.24) is 0 Å². The van der Waals surface area contributed by atoms with E-state index in [1.54, 1.807) is 19.3 Å². The number of hydrogen-bond acceptors (Lipinski definition) is 5. The Bertz CT molecular complexity index is 1010. The van der Waals surface area contributed by atoms with Crippen LogP contribution in [0.25, 0.3) is 6.08 Å². The normalized spacial score (nSPS) is 14.5. The molecule has 1 aliphatic heterocycles. The number of rotatable bonds is 14. The molecular formula is C29H35NO4. The SMILES string of the molecule is CCCCCCCCCCOc1ccc(C2=NC(=CC=Cc3ccccc3OC)C(=O)O2)cc1. The van der Waals surface area contributed by atoms with Crippen LogP contribution in [0.4, 0.5) is 0 Å². The molecule has 0 saturated carbocycles. The number of para-hydroxylation sites is 1. The number of carbonyl (C=O) groups is 1. The number of cyclic esters (lactones) is 1. The van der Waals surface area contributed by atoms with Crippen molar-refractivity contribution in [3.63, 3.8) is 0 Å². The second-order valence-electron chi connectivity index (χ2n) is 8.31. The van der Waals surface area contributed by atoms with Gasteiger partial charge in [0.15, 0.2) is 5.70 Å². The van der Waals surface area contributed by atoms with Gasteiger partial charge in [-0.2, -0.15) is 0 Å². The lowest BCUT2D eigenvalue weighted by molar-refractivity contribution is -0.130. The Morgan fingerprint density at radius 3 is 2.35 bits per heavy atom. The van der Waals surface area contributed by atoms with E-state index in [1.807, 2.05) is 54.6 Å². The number of nitrogens with zero attached hydrogens (tertiary/aromatic N) is 1. The number of allylic oxidation sites excluding steroid dienone is 2. The van der Waals surface area contributed by atoms with Gasteiger partial charge in [0.1, 0.15) is 11.5 Å². The lowest BCUT2D eigenvalue weighted by Crippen LogP contribution is -2.05. The maximum Gasteiger partial charge on any atom is 0.363 e. The molecule has 0 bridgehead atoms. The maximum absolute atomic E-state index is 12.2. The topological polar surface area (TPSA) is 57.1 Å². The van der Waals surface area contributed by atoms with Gasteiger partial charge in [0.25, 0.3) is 0 Å². The Kier molecular flexibility index (Phi) is 10.4. The van der Waals surface area contributed by atoms with Crippen LogP contribution in [0.15, 0.2) is 71.4 Å². The van der Waals surface area contributed by atoms with Crippen LogP contribution in [0.3, 0.4) is 0 Å². The molecule has 0 amide bonds. The number of hydrogen-bond donors (Lipinski definition) is 0. The van der Waals surface area contributed by atoms with Gasteiger partial charge in [-0.25, -0.2) is 9.79 Å². The van der Waals surface area contributed by atoms with Gasteiger partial charge < -0.3 is 14.2 Å². The zero-order valence-corrected chi connectivity index (χ0v) is 20.3. The summed E-state index contributed by atoms with van der Waals surface area (Å²) in [6.45, 7) is 2.96. The Morgan fingerprint density at radius 2 is 1.62 bits per heavy atom. The first-order valence-electron chi connectivity index (χ1n) is 12.3. The van der Waals surface area contributed by atoms with Gasteiger partial charge in [-0.05, 0) is 42.8 Å². The minimum absolute atomic E-state index is 0.260. The summed E-state index contributed by atoms with van der Waals surface area (Å²) >= 11 is 0. The Balaban J connectivity index is 1.47. The Morgan fingerprint density at radius 1 is 0.912 bits per heavy atom. The third kappa shape index (κ3) is 7.91. The summed E-state index contributed by atoms with van der Waals surface area (Å²) in [5.74, 6) is 1.42. The van der Waals surface area contributed by atoms with Crippen LogP contribution in [0, 0.1) is 0 Å². The number of ether oxygens (including phenoxy) is 3. The molecule has 180 valence electrons. The summed E-state index contributed by atoms with van der Waals surface area (Å²) in [6, 6.07) is 15.2. The number of unbranched alkanes of at least 4 members (excludes halogenated alkanes) is 7. The van der Waals surface area contributed by atoms with E-state index in [0.29, 0.717) is 5.90 Å². The molecule has 0 aliphatic carbocycles. The number of aliphatic imine (C=N–C) groups is 1. The highest BCUT2D eigenvalue weighted by molar-refractivity contribution is 6.11. The van der Waals surface area contributed by atoms with Gasteiger partial charge in [0, 0.05) is 11.1 Å². The molecule has 0 atom stereocenters. The maximum atomic E-state index is 12.2. The van der Waals surface area contributed by atoms with Crippen LogP contribution in [-0.4, -0.2) is 25.6 Å². The molecule has 0 N–H and O–H groups in total. The van der Waals surface area contributed by atoms with Crippen LogP contribution in [-0.2, 0) is 9.53 Å². The van der Waals surface area contributed by atoms with E-state index in [-0.39, 0.29) is 5.70 Å². The molecular weight excluding hydrogens is 426 g/mol. The first kappa shape index (κ1) is 25.3. The second-order valence-corrected chi connectivity index (χ2v) is 8.31. The van der Waals surface area contributed by atoms with Crippen molar-refractivity contribution in [3.8, 4) is 11.5 Å². The molecule has 5 heteroatoms. The first-order chi connectivity index (χ1) is 16.7. The Labute approximate surface area is 203 Å². The highest BCUT2D eigenvalue weighted by Crippen LogP contribution is 2.21. The summed E-state index contributed by atoms with van der Waals surface area (Å²) in [6.07, 6.45) is 15.5. The van der Waals surface area contributed by atoms with Gasteiger partial charge >= 0.3 is 5.97 Å². The van der Waals surface area contributed by atoms with E-state index in [1.165, 1.54) is 44.9 Å². The molecule has 1 aliphatic rings. The van der Waals surface area contributed by atoms with Crippen LogP contribution >= 0.6 is 0 Å². The average molecular weight is 462 g/mol. The highest BCUT2D eigenvalue weighted by Gasteiger charge is 2.23. The van der Waals surface area contributed by atoms with Crippen molar-refractivity contribution in [2.45, 2.75) is 58.3 Å².